The number of rotatable bonds is 2. The first-order valence-electron chi connectivity index (χ1n) is 6.94. The average molecular weight is 245 g/mol. The first-order valence-corrected chi connectivity index (χ1v) is 6.94. The topological polar surface area (TPSA) is 32.5 Å². The summed E-state index contributed by atoms with van der Waals surface area (Å²) in [6.45, 7) is 5.29. The third-order valence-corrected chi connectivity index (χ3v) is 4.81. The Morgan fingerprint density at radius 2 is 1.67 bits per heavy atom. The maximum atomic E-state index is 6.14. The van der Waals surface area contributed by atoms with E-state index in [2.05, 4.69) is 41.1 Å². The van der Waals surface area contributed by atoms with Crippen LogP contribution in [0.2, 0.25) is 0 Å². The van der Waals surface area contributed by atoms with E-state index in [-0.39, 0.29) is 5.54 Å². The average Bonchev–Trinajstić information content (AvgIpc) is 2.84. The molecule has 0 aliphatic carbocycles. The second-order valence-electron chi connectivity index (χ2n) is 5.86. The van der Waals surface area contributed by atoms with Crippen LogP contribution in [0.4, 0.5) is 0 Å². The van der Waals surface area contributed by atoms with Crippen LogP contribution < -0.4 is 5.73 Å². The predicted octanol–water partition coefficient (Wildman–Crippen LogP) is 1.43. The predicted molar refractivity (Wildman–Crippen MR) is 74.2 cm³/mol. The molecule has 0 saturated carbocycles. The van der Waals surface area contributed by atoms with Gasteiger partial charge >= 0.3 is 0 Å². The van der Waals surface area contributed by atoms with Crippen LogP contribution in [0.1, 0.15) is 24.0 Å². The van der Waals surface area contributed by atoms with Gasteiger partial charge in [-0.15, -0.1) is 0 Å². The molecule has 1 fully saturated rings. The molecule has 98 valence electrons. The Balaban J connectivity index is 1.79. The molecule has 0 radical (unpaired) electrons. The lowest BCUT2D eigenvalue weighted by atomic mass is 9.86. The fourth-order valence-corrected chi connectivity index (χ4v) is 3.35. The van der Waals surface area contributed by atoms with Crippen molar-refractivity contribution in [3.05, 3.63) is 35.4 Å². The van der Waals surface area contributed by atoms with E-state index in [0.717, 1.165) is 19.6 Å². The summed E-state index contributed by atoms with van der Waals surface area (Å²) in [5.74, 6) is 0. The third kappa shape index (κ3) is 1.96. The van der Waals surface area contributed by atoms with Crippen molar-refractivity contribution in [1.82, 2.24) is 9.80 Å². The van der Waals surface area contributed by atoms with Crippen LogP contribution in [0.25, 0.3) is 0 Å². The number of hydrogen-bond donors (Lipinski definition) is 1. The first-order chi connectivity index (χ1) is 8.73. The largest absolute Gasteiger partial charge is 0.329 e. The van der Waals surface area contributed by atoms with E-state index in [0.29, 0.717) is 0 Å². The van der Waals surface area contributed by atoms with E-state index in [1.807, 2.05) is 0 Å². The maximum Gasteiger partial charge on any atom is 0.0363 e. The molecule has 0 bridgehead atoms. The molecule has 3 nitrogen and oxygen atoms in total. The molecule has 0 atom stereocenters. The summed E-state index contributed by atoms with van der Waals surface area (Å²) in [5, 5.41) is 0. The molecular weight excluding hydrogens is 222 g/mol. The Kier molecular flexibility index (Phi) is 3.14. The van der Waals surface area contributed by atoms with E-state index >= 15 is 0 Å². The molecule has 2 heterocycles. The van der Waals surface area contributed by atoms with Gasteiger partial charge in [0.15, 0.2) is 0 Å². The number of hydrogen-bond acceptors (Lipinski definition) is 3. The lowest BCUT2D eigenvalue weighted by molar-refractivity contribution is 0.0307. The smallest absolute Gasteiger partial charge is 0.0363 e. The second kappa shape index (κ2) is 4.65. The molecule has 0 aromatic heterocycles. The summed E-state index contributed by atoms with van der Waals surface area (Å²) in [4.78, 5) is 5.03. The molecule has 1 saturated heterocycles. The summed E-state index contributed by atoms with van der Waals surface area (Å²) in [7, 11) is 2.21. The van der Waals surface area contributed by atoms with E-state index in [4.69, 9.17) is 5.73 Å². The van der Waals surface area contributed by atoms with Crippen LogP contribution in [0, 0.1) is 0 Å². The van der Waals surface area contributed by atoms with Crippen LogP contribution in [-0.2, 0) is 13.1 Å². The maximum absolute atomic E-state index is 6.14. The number of piperidine rings is 1. The van der Waals surface area contributed by atoms with E-state index < -0.39 is 0 Å². The van der Waals surface area contributed by atoms with Crippen molar-refractivity contribution >= 4 is 0 Å². The molecule has 3 heteroatoms. The number of benzene rings is 1. The van der Waals surface area contributed by atoms with Gasteiger partial charge in [0.05, 0.1) is 0 Å². The van der Waals surface area contributed by atoms with E-state index in [1.165, 1.54) is 37.1 Å². The Labute approximate surface area is 110 Å². The number of likely N-dealkylation sites (tertiary alicyclic amines) is 1. The monoisotopic (exact) mass is 245 g/mol. The molecule has 1 aromatic carbocycles. The summed E-state index contributed by atoms with van der Waals surface area (Å²) in [5.41, 5.74) is 9.35. The summed E-state index contributed by atoms with van der Waals surface area (Å²) in [6, 6.07) is 8.81. The van der Waals surface area contributed by atoms with Crippen molar-refractivity contribution in [1.29, 1.82) is 0 Å². The Bertz CT molecular complexity index is 397. The number of nitrogens with two attached hydrogens (primary N) is 1. The standard InChI is InChI=1S/C15H23N3/c1-17-8-6-15(12-16,7-9-17)18-10-13-4-2-3-5-14(13)11-18/h2-5H,6-12,16H2,1H3. The van der Waals surface area contributed by atoms with Gasteiger partial charge in [-0.3, -0.25) is 4.90 Å². The Morgan fingerprint density at radius 1 is 1.11 bits per heavy atom. The molecule has 3 rings (SSSR count). The lowest BCUT2D eigenvalue weighted by Crippen LogP contribution is -2.57. The fourth-order valence-electron chi connectivity index (χ4n) is 3.35. The zero-order chi connectivity index (χ0) is 12.6. The zero-order valence-corrected chi connectivity index (χ0v) is 11.2. The lowest BCUT2D eigenvalue weighted by Gasteiger charge is -2.46. The van der Waals surface area contributed by atoms with Crippen LogP contribution in [0.15, 0.2) is 24.3 Å². The van der Waals surface area contributed by atoms with Crippen LogP contribution in [0.5, 0.6) is 0 Å². The van der Waals surface area contributed by atoms with Gasteiger partial charge in [-0.25, -0.2) is 0 Å². The first kappa shape index (κ1) is 12.2. The summed E-state index contributed by atoms with van der Waals surface area (Å²) < 4.78 is 0. The van der Waals surface area contributed by atoms with Crippen molar-refractivity contribution in [2.45, 2.75) is 31.5 Å². The van der Waals surface area contributed by atoms with Gasteiger partial charge in [0, 0.05) is 25.2 Å². The van der Waals surface area contributed by atoms with Gasteiger partial charge in [-0.05, 0) is 44.1 Å². The molecule has 2 N–H and O–H groups in total. The highest BCUT2D eigenvalue weighted by atomic mass is 15.2. The zero-order valence-electron chi connectivity index (χ0n) is 11.2. The quantitative estimate of drug-likeness (QED) is 0.855. The van der Waals surface area contributed by atoms with Gasteiger partial charge in [0.2, 0.25) is 0 Å². The van der Waals surface area contributed by atoms with Crippen LogP contribution >= 0.6 is 0 Å². The molecule has 0 unspecified atom stereocenters. The number of fused-ring (bicyclic) bond motifs is 1. The van der Waals surface area contributed by atoms with Gasteiger partial charge in [0.25, 0.3) is 0 Å². The third-order valence-electron chi connectivity index (χ3n) is 4.81. The minimum absolute atomic E-state index is 0.228. The molecule has 2 aliphatic rings. The second-order valence-corrected chi connectivity index (χ2v) is 5.86. The van der Waals surface area contributed by atoms with E-state index in [9.17, 15) is 0 Å². The van der Waals surface area contributed by atoms with Crippen molar-refractivity contribution in [3.63, 3.8) is 0 Å². The minimum atomic E-state index is 0.228. The van der Waals surface area contributed by atoms with Crippen LogP contribution in [-0.4, -0.2) is 42.0 Å². The molecule has 0 spiro atoms. The van der Waals surface area contributed by atoms with Crippen molar-refractivity contribution in [2.75, 3.05) is 26.7 Å². The Hall–Kier alpha value is -0.900. The van der Waals surface area contributed by atoms with Crippen LogP contribution in [0.3, 0.4) is 0 Å². The fraction of sp³-hybridized carbons (Fsp3) is 0.600. The van der Waals surface area contributed by atoms with Gasteiger partial charge in [-0.1, -0.05) is 24.3 Å². The van der Waals surface area contributed by atoms with E-state index in [1.54, 1.807) is 0 Å². The molecular formula is C15H23N3. The highest BCUT2D eigenvalue weighted by Crippen LogP contribution is 2.35. The SMILES string of the molecule is CN1CCC(CN)(N2Cc3ccccc3C2)CC1. The minimum Gasteiger partial charge on any atom is -0.329 e. The van der Waals surface area contributed by atoms with Crippen molar-refractivity contribution < 1.29 is 0 Å². The molecule has 1 aromatic rings. The summed E-state index contributed by atoms with van der Waals surface area (Å²) in [6.07, 6.45) is 2.40. The highest BCUT2D eigenvalue weighted by Gasteiger charge is 2.40. The summed E-state index contributed by atoms with van der Waals surface area (Å²) >= 11 is 0. The Morgan fingerprint density at radius 3 is 2.17 bits per heavy atom. The molecule has 0 amide bonds. The molecule has 18 heavy (non-hydrogen) atoms. The van der Waals surface area contributed by atoms with Gasteiger partial charge in [-0.2, -0.15) is 0 Å². The van der Waals surface area contributed by atoms with Gasteiger partial charge in [0.1, 0.15) is 0 Å². The van der Waals surface area contributed by atoms with Crippen molar-refractivity contribution in [2.24, 2.45) is 5.73 Å². The number of nitrogens with zero attached hydrogens (tertiary/aromatic N) is 2. The molecule has 2 aliphatic heterocycles. The normalized spacial score (nSPS) is 24.1. The highest BCUT2D eigenvalue weighted by molar-refractivity contribution is 5.31. The van der Waals surface area contributed by atoms with Crippen molar-refractivity contribution in [3.8, 4) is 0 Å². The van der Waals surface area contributed by atoms with Gasteiger partial charge < -0.3 is 10.6 Å².